The Bertz CT molecular complexity index is 1180. The van der Waals surface area contributed by atoms with E-state index < -0.39 is 12.1 Å². The highest BCUT2D eigenvalue weighted by Gasteiger charge is 2.15. The summed E-state index contributed by atoms with van der Waals surface area (Å²) in [4.78, 5) is 12.7. The minimum Gasteiger partial charge on any atom is -0.478 e. The third-order valence-corrected chi connectivity index (χ3v) is 6.36. The number of hydrogen-bond donors (Lipinski definition) is 3. The number of halogens is 1. The van der Waals surface area contributed by atoms with Crippen molar-refractivity contribution in [2.24, 2.45) is 0 Å². The molecule has 4 rings (SSSR count). The van der Waals surface area contributed by atoms with E-state index in [2.05, 4.69) is 17.4 Å². The molecule has 33 heavy (non-hydrogen) atoms. The molecule has 0 radical (unpaired) electrons. The first-order chi connectivity index (χ1) is 15.6. The van der Waals surface area contributed by atoms with Gasteiger partial charge in [0.2, 0.25) is 0 Å². The Morgan fingerprint density at radius 1 is 0.909 bits per heavy atom. The van der Waals surface area contributed by atoms with Crippen molar-refractivity contribution in [1.82, 2.24) is 5.32 Å². The van der Waals surface area contributed by atoms with Crippen molar-refractivity contribution in [2.75, 3.05) is 13.1 Å². The number of carboxylic acid groups (broad SMARTS) is 1. The van der Waals surface area contributed by atoms with Crippen LogP contribution in [0.5, 0.6) is 0 Å². The molecule has 3 aromatic carbocycles. The molecule has 0 amide bonds. The molecule has 3 N–H and O–H groups in total. The van der Waals surface area contributed by atoms with E-state index >= 15 is 0 Å². The maximum absolute atomic E-state index is 11.7. The average molecular weight is 480 g/mol. The van der Waals surface area contributed by atoms with Crippen LogP contribution in [0, 0.1) is 0 Å². The van der Waals surface area contributed by atoms with Gasteiger partial charge in [-0.1, -0.05) is 66.7 Å². The fourth-order valence-corrected chi connectivity index (χ4v) is 4.57. The predicted molar refractivity (Wildman–Crippen MR) is 137 cm³/mol. The zero-order chi connectivity index (χ0) is 22.3. The normalized spacial score (nSPS) is 11.5. The molecule has 0 aliphatic rings. The summed E-state index contributed by atoms with van der Waals surface area (Å²) in [6.07, 6.45) is 0.260. The fraction of sp³-hybridized carbons (Fsp3) is 0.148. The monoisotopic (exact) mass is 479 g/mol. The van der Waals surface area contributed by atoms with Gasteiger partial charge in [-0.25, -0.2) is 4.79 Å². The summed E-state index contributed by atoms with van der Waals surface area (Å²) in [6.45, 7) is 1.22. The van der Waals surface area contributed by atoms with E-state index in [1.807, 2.05) is 72.1 Å². The Morgan fingerprint density at radius 3 is 2.39 bits per heavy atom. The number of hydrogen-bond acceptors (Lipinski definition) is 4. The van der Waals surface area contributed by atoms with Gasteiger partial charge in [0.05, 0.1) is 11.7 Å². The highest BCUT2D eigenvalue weighted by Crippen LogP contribution is 2.33. The molecule has 0 aliphatic carbocycles. The van der Waals surface area contributed by atoms with Gasteiger partial charge in [-0.2, -0.15) is 0 Å². The summed E-state index contributed by atoms with van der Waals surface area (Å²) in [6, 6.07) is 27.3. The van der Waals surface area contributed by atoms with Crippen LogP contribution in [-0.2, 0) is 6.42 Å². The smallest absolute Gasteiger partial charge is 0.336 e. The first kappa shape index (κ1) is 24.7. The van der Waals surface area contributed by atoms with Crippen LogP contribution in [0.2, 0.25) is 0 Å². The second kappa shape index (κ2) is 11.8. The summed E-state index contributed by atoms with van der Waals surface area (Å²) in [5, 5.41) is 25.3. The molecular weight excluding hydrogens is 454 g/mol. The SMILES string of the molecule is Cl.O=C(O)c1ccc(-c2ccccc2CCNC[C@H](O)c2ccccc2)cc1-c1cccs1. The third-order valence-electron chi connectivity index (χ3n) is 5.46. The molecule has 4 aromatic rings. The molecule has 0 spiro atoms. The van der Waals surface area contributed by atoms with E-state index in [0.717, 1.165) is 40.1 Å². The van der Waals surface area contributed by atoms with Crippen LogP contribution in [0.4, 0.5) is 0 Å². The molecule has 0 aliphatic heterocycles. The van der Waals surface area contributed by atoms with Gasteiger partial charge in [0, 0.05) is 17.0 Å². The molecule has 0 bridgehead atoms. The van der Waals surface area contributed by atoms with Crippen LogP contribution in [0.1, 0.15) is 27.6 Å². The molecule has 170 valence electrons. The summed E-state index contributed by atoms with van der Waals surface area (Å²) in [5.41, 5.74) is 5.22. The van der Waals surface area contributed by atoms with Crippen LogP contribution >= 0.6 is 23.7 Å². The Morgan fingerprint density at radius 2 is 1.67 bits per heavy atom. The van der Waals surface area contributed by atoms with Gasteiger partial charge in [0.25, 0.3) is 0 Å². The van der Waals surface area contributed by atoms with Crippen molar-refractivity contribution in [2.45, 2.75) is 12.5 Å². The molecular formula is C27H26ClNO3S. The van der Waals surface area contributed by atoms with Gasteiger partial charge in [0.15, 0.2) is 0 Å². The van der Waals surface area contributed by atoms with Gasteiger partial charge >= 0.3 is 5.97 Å². The number of carbonyl (C=O) groups is 1. The fourth-order valence-electron chi connectivity index (χ4n) is 3.81. The van der Waals surface area contributed by atoms with Crippen LogP contribution in [0.15, 0.2) is 90.3 Å². The van der Waals surface area contributed by atoms with Gasteiger partial charge in [-0.15, -0.1) is 23.7 Å². The average Bonchev–Trinajstić information content (AvgIpc) is 3.37. The van der Waals surface area contributed by atoms with Gasteiger partial charge in [0.1, 0.15) is 0 Å². The number of thiophene rings is 1. The van der Waals surface area contributed by atoms with Crippen molar-refractivity contribution in [1.29, 1.82) is 0 Å². The van der Waals surface area contributed by atoms with E-state index in [1.54, 1.807) is 6.07 Å². The number of benzene rings is 3. The lowest BCUT2D eigenvalue weighted by Gasteiger charge is -2.14. The zero-order valence-corrected chi connectivity index (χ0v) is 19.6. The second-order valence-electron chi connectivity index (χ2n) is 7.58. The summed E-state index contributed by atoms with van der Waals surface area (Å²) in [5.74, 6) is -0.922. The number of aliphatic hydroxyl groups is 1. The predicted octanol–water partition coefficient (Wildman–Crippen LogP) is 6.07. The van der Waals surface area contributed by atoms with E-state index in [4.69, 9.17) is 0 Å². The van der Waals surface area contributed by atoms with E-state index in [0.29, 0.717) is 12.1 Å². The molecule has 6 heteroatoms. The highest BCUT2D eigenvalue weighted by atomic mass is 35.5. The summed E-state index contributed by atoms with van der Waals surface area (Å²) >= 11 is 1.54. The maximum Gasteiger partial charge on any atom is 0.336 e. The number of carboxylic acids is 1. The van der Waals surface area contributed by atoms with Crippen molar-refractivity contribution >= 4 is 29.7 Å². The molecule has 0 saturated heterocycles. The van der Waals surface area contributed by atoms with Crippen LogP contribution in [0.25, 0.3) is 21.6 Å². The van der Waals surface area contributed by atoms with Crippen molar-refractivity contribution in [3.63, 3.8) is 0 Å². The van der Waals surface area contributed by atoms with Gasteiger partial charge < -0.3 is 15.5 Å². The van der Waals surface area contributed by atoms with Crippen molar-refractivity contribution in [3.8, 4) is 21.6 Å². The Labute approximate surface area is 204 Å². The lowest BCUT2D eigenvalue weighted by atomic mass is 9.94. The number of aromatic carboxylic acids is 1. The highest BCUT2D eigenvalue weighted by molar-refractivity contribution is 7.13. The topological polar surface area (TPSA) is 69.6 Å². The van der Waals surface area contributed by atoms with E-state index in [-0.39, 0.29) is 12.4 Å². The first-order valence-electron chi connectivity index (χ1n) is 10.6. The second-order valence-corrected chi connectivity index (χ2v) is 8.53. The number of nitrogens with one attached hydrogen (secondary N) is 1. The van der Waals surface area contributed by atoms with Gasteiger partial charge in [-0.05, 0) is 58.8 Å². The van der Waals surface area contributed by atoms with Crippen LogP contribution < -0.4 is 5.32 Å². The minimum absolute atomic E-state index is 0. The Kier molecular flexibility index (Phi) is 8.80. The number of rotatable bonds is 9. The van der Waals surface area contributed by atoms with E-state index in [1.165, 1.54) is 16.9 Å². The van der Waals surface area contributed by atoms with Gasteiger partial charge in [-0.3, -0.25) is 0 Å². The molecule has 0 fully saturated rings. The lowest BCUT2D eigenvalue weighted by Crippen LogP contribution is -2.23. The number of aliphatic hydroxyl groups excluding tert-OH is 1. The standard InChI is InChI=1S/C27H25NO3S.ClH/c29-25(20-8-2-1-3-9-20)18-28-15-14-19-7-4-5-10-22(19)21-12-13-23(27(30)31)24(17-21)26-11-6-16-32-26;/h1-13,16-17,25,28-29H,14-15,18H2,(H,30,31);1H/t25-;/m0./s1. The van der Waals surface area contributed by atoms with Crippen LogP contribution in [-0.4, -0.2) is 29.3 Å². The lowest BCUT2D eigenvalue weighted by molar-refractivity contribution is 0.0697. The summed E-state index contributed by atoms with van der Waals surface area (Å²) < 4.78 is 0. The van der Waals surface area contributed by atoms with E-state index in [9.17, 15) is 15.0 Å². The van der Waals surface area contributed by atoms with Crippen molar-refractivity contribution in [3.05, 3.63) is 107 Å². The molecule has 0 saturated carbocycles. The molecule has 0 unspecified atom stereocenters. The largest absolute Gasteiger partial charge is 0.478 e. The minimum atomic E-state index is -0.922. The summed E-state index contributed by atoms with van der Waals surface area (Å²) in [7, 11) is 0. The quantitative estimate of drug-likeness (QED) is 0.255. The zero-order valence-electron chi connectivity index (χ0n) is 18.0. The molecule has 4 nitrogen and oxygen atoms in total. The maximum atomic E-state index is 11.7. The van der Waals surface area contributed by atoms with Crippen molar-refractivity contribution < 1.29 is 15.0 Å². The van der Waals surface area contributed by atoms with Crippen LogP contribution in [0.3, 0.4) is 0 Å². The molecule has 1 aromatic heterocycles. The third kappa shape index (κ3) is 6.09. The Hall–Kier alpha value is -2.96. The first-order valence-corrected chi connectivity index (χ1v) is 11.4. The molecule has 1 atom stereocenters. The molecule has 1 heterocycles. The Balaban J connectivity index is 0.00000306.